The summed E-state index contributed by atoms with van der Waals surface area (Å²) in [4.78, 5) is 2.82. The van der Waals surface area contributed by atoms with E-state index in [1.54, 1.807) is 0 Å². The highest BCUT2D eigenvalue weighted by molar-refractivity contribution is 5.18. The van der Waals surface area contributed by atoms with Crippen LogP contribution in [0.15, 0.2) is 0 Å². The predicted octanol–water partition coefficient (Wildman–Crippen LogP) is 4.67. The molecule has 0 aromatic carbocycles. The molecule has 6 aliphatic rings. The molecule has 0 aromatic rings. The molecule has 3 nitrogen and oxygen atoms in total. The van der Waals surface area contributed by atoms with Gasteiger partial charge >= 0.3 is 0 Å². The Labute approximate surface area is 184 Å². The quantitative estimate of drug-likeness (QED) is 0.605. The van der Waals surface area contributed by atoms with Crippen molar-refractivity contribution in [3.8, 4) is 0 Å². The summed E-state index contributed by atoms with van der Waals surface area (Å²) >= 11 is 0. The van der Waals surface area contributed by atoms with Crippen LogP contribution in [0.5, 0.6) is 0 Å². The molecule has 0 amide bonds. The van der Waals surface area contributed by atoms with Crippen molar-refractivity contribution in [2.24, 2.45) is 58.0 Å². The molecule has 3 N–H and O–H groups in total. The summed E-state index contributed by atoms with van der Waals surface area (Å²) in [5.74, 6) is 5.79. The van der Waals surface area contributed by atoms with Gasteiger partial charge in [0.05, 0.1) is 6.10 Å². The molecular formula is C27H46N2O. The normalized spacial score (nSPS) is 62.8. The van der Waals surface area contributed by atoms with Crippen molar-refractivity contribution in [2.75, 3.05) is 6.54 Å². The predicted molar refractivity (Wildman–Crippen MR) is 122 cm³/mol. The van der Waals surface area contributed by atoms with E-state index in [2.05, 4.69) is 32.6 Å². The smallest absolute Gasteiger partial charge is 0.0701 e. The van der Waals surface area contributed by atoms with Gasteiger partial charge < -0.3 is 10.8 Å². The van der Waals surface area contributed by atoms with Crippen molar-refractivity contribution >= 4 is 0 Å². The van der Waals surface area contributed by atoms with Gasteiger partial charge in [0.15, 0.2) is 0 Å². The van der Waals surface area contributed by atoms with Gasteiger partial charge in [0, 0.05) is 24.7 Å². The largest absolute Gasteiger partial charge is 0.391 e. The molecule has 0 unspecified atom stereocenters. The molecule has 170 valence electrons. The number of rotatable bonds is 0. The first-order chi connectivity index (χ1) is 14.2. The third-order valence-electron chi connectivity index (χ3n) is 12.3. The van der Waals surface area contributed by atoms with Crippen LogP contribution in [0.2, 0.25) is 0 Å². The van der Waals surface area contributed by atoms with Crippen molar-refractivity contribution in [1.82, 2.24) is 4.90 Å². The van der Waals surface area contributed by atoms with E-state index in [-0.39, 0.29) is 6.10 Å². The van der Waals surface area contributed by atoms with Gasteiger partial charge in [-0.2, -0.15) is 0 Å². The molecule has 6 fully saturated rings. The van der Waals surface area contributed by atoms with Crippen LogP contribution in [0.4, 0.5) is 0 Å². The molecule has 4 aliphatic carbocycles. The number of nitrogens with two attached hydrogens (primary N) is 1. The van der Waals surface area contributed by atoms with Crippen LogP contribution in [0.25, 0.3) is 0 Å². The molecule has 0 spiro atoms. The van der Waals surface area contributed by atoms with E-state index >= 15 is 0 Å². The summed E-state index contributed by atoms with van der Waals surface area (Å²) in [5, 5.41) is 11.0. The summed E-state index contributed by atoms with van der Waals surface area (Å²) in [6.07, 6.45) is 12.0. The maximum Gasteiger partial charge on any atom is 0.0701 e. The van der Waals surface area contributed by atoms with Crippen molar-refractivity contribution in [2.45, 2.75) is 110 Å². The number of hydrogen-bond acceptors (Lipinski definition) is 3. The maximum absolute atomic E-state index is 11.0. The van der Waals surface area contributed by atoms with Gasteiger partial charge in [0.25, 0.3) is 0 Å². The number of nitrogens with zero attached hydrogens (tertiary/aromatic N) is 1. The van der Waals surface area contributed by atoms with E-state index in [9.17, 15) is 5.11 Å². The van der Waals surface area contributed by atoms with Gasteiger partial charge in [-0.05, 0) is 110 Å². The highest BCUT2D eigenvalue weighted by atomic mass is 16.3. The Morgan fingerprint density at radius 2 is 1.67 bits per heavy atom. The Morgan fingerprint density at radius 3 is 2.47 bits per heavy atom. The van der Waals surface area contributed by atoms with Crippen LogP contribution >= 0.6 is 0 Å². The summed E-state index contributed by atoms with van der Waals surface area (Å²) in [6.45, 7) is 11.4. The van der Waals surface area contributed by atoms with Crippen molar-refractivity contribution in [1.29, 1.82) is 0 Å². The number of aliphatic hydroxyl groups excluding tert-OH is 1. The minimum absolute atomic E-state index is 0.103. The molecule has 4 saturated carbocycles. The van der Waals surface area contributed by atoms with E-state index in [0.29, 0.717) is 34.7 Å². The van der Waals surface area contributed by atoms with Crippen LogP contribution in [0, 0.1) is 52.3 Å². The maximum atomic E-state index is 11.0. The molecule has 2 saturated heterocycles. The summed E-state index contributed by atoms with van der Waals surface area (Å²) in [5.41, 5.74) is 7.47. The van der Waals surface area contributed by atoms with Gasteiger partial charge in [-0.3, -0.25) is 4.90 Å². The van der Waals surface area contributed by atoms with Crippen molar-refractivity contribution in [3.05, 3.63) is 0 Å². The second kappa shape index (κ2) is 6.70. The van der Waals surface area contributed by atoms with Crippen LogP contribution < -0.4 is 5.73 Å². The zero-order valence-corrected chi connectivity index (χ0v) is 19.9. The monoisotopic (exact) mass is 414 g/mol. The molecule has 2 aliphatic heterocycles. The average molecular weight is 415 g/mol. The Kier molecular flexibility index (Phi) is 4.58. The van der Waals surface area contributed by atoms with Crippen LogP contribution in [0.3, 0.4) is 0 Å². The second-order valence-corrected chi connectivity index (χ2v) is 13.5. The zero-order chi connectivity index (χ0) is 21.0. The molecule has 2 heterocycles. The fraction of sp³-hybridized carbons (Fsp3) is 1.00. The summed E-state index contributed by atoms with van der Waals surface area (Å²) < 4.78 is 0. The number of aliphatic hydroxyl groups is 1. The highest BCUT2D eigenvalue weighted by Crippen LogP contribution is 2.70. The molecule has 13 atom stereocenters. The molecule has 0 bridgehead atoms. The van der Waals surface area contributed by atoms with Gasteiger partial charge in [-0.25, -0.2) is 0 Å². The lowest BCUT2D eigenvalue weighted by molar-refractivity contribution is -0.118. The average Bonchev–Trinajstić information content (AvgIpc) is 3.15. The van der Waals surface area contributed by atoms with E-state index in [1.807, 2.05) is 0 Å². The van der Waals surface area contributed by atoms with Crippen LogP contribution in [0.1, 0.15) is 85.5 Å². The van der Waals surface area contributed by atoms with E-state index < -0.39 is 0 Å². The standard InChI is InChI=1S/C27H46N2O/c1-15-11-23(30)25-16(2)24-22(29(25)14-15)13-21-19-6-5-17-12-18(28)7-9-26(17,3)20(19)8-10-27(21,24)4/h15-25,30H,5-14,28H2,1-4H3/t15-,16-,17-,18-,19+,20-,21-,22-,23-,24-,25-,26-,27-/m0/s1. The molecule has 0 radical (unpaired) electrons. The molecule has 30 heavy (non-hydrogen) atoms. The Morgan fingerprint density at radius 1 is 0.900 bits per heavy atom. The van der Waals surface area contributed by atoms with Crippen LogP contribution in [-0.2, 0) is 0 Å². The first kappa shape index (κ1) is 20.5. The molecule has 3 heteroatoms. The van der Waals surface area contributed by atoms with Crippen molar-refractivity contribution in [3.63, 3.8) is 0 Å². The Hall–Kier alpha value is -0.120. The lowest BCUT2D eigenvalue weighted by atomic mass is 9.44. The van der Waals surface area contributed by atoms with Crippen molar-refractivity contribution < 1.29 is 5.11 Å². The molecular weight excluding hydrogens is 368 g/mol. The lowest BCUT2D eigenvalue weighted by Crippen LogP contribution is -2.55. The first-order valence-electron chi connectivity index (χ1n) is 13.4. The van der Waals surface area contributed by atoms with Gasteiger partial charge in [-0.15, -0.1) is 0 Å². The zero-order valence-electron chi connectivity index (χ0n) is 19.9. The fourth-order valence-corrected chi connectivity index (χ4v) is 11.2. The number of hydrogen-bond donors (Lipinski definition) is 2. The third kappa shape index (κ3) is 2.55. The van der Waals surface area contributed by atoms with Gasteiger partial charge in [0.2, 0.25) is 0 Å². The minimum Gasteiger partial charge on any atom is -0.391 e. The van der Waals surface area contributed by atoms with E-state index in [4.69, 9.17) is 5.73 Å². The summed E-state index contributed by atoms with van der Waals surface area (Å²) in [6, 6.07) is 1.63. The van der Waals surface area contributed by atoms with Gasteiger partial charge in [0.1, 0.15) is 0 Å². The highest BCUT2D eigenvalue weighted by Gasteiger charge is 2.67. The minimum atomic E-state index is -0.103. The summed E-state index contributed by atoms with van der Waals surface area (Å²) in [7, 11) is 0. The Balaban J connectivity index is 1.30. The first-order valence-corrected chi connectivity index (χ1v) is 13.4. The van der Waals surface area contributed by atoms with E-state index in [0.717, 1.165) is 42.1 Å². The molecule has 6 rings (SSSR count). The molecule has 0 aromatic heterocycles. The second-order valence-electron chi connectivity index (χ2n) is 13.5. The third-order valence-corrected chi connectivity index (χ3v) is 12.3. The number of piperidine rings is 1. The van der Waals surface area contributed by atoms with E-state index in [1.165, 1.54) is 57.9 Å². The topological polar surface area (TPSA) is 49.5 Å². The Bertz CT molecular complexity index is 696. The SMILES string of the molecule is C[C@H]1C[C@H](O)[C@@H]2[C@@H](C)[C@H]3[C@H](C[C@H]4[C@@H]5CC[C@H]6C[C@@H](N)CC[C@]6(C)[C@H]5CC[C@]34C)N2C1. The van der Waals surface area contributed by atoms with Crippen LogP contribution in [-0.4, -0.2) is 40.8 Å². The van der Waals surface area contributed by atoms with Gasteiger partial charge in [-0.1, -0.05) is 27.7 Å². The lowest BCUT2D eigenvalue weighted by Gasteiger charge is -2.61. The fourth-order valence-electron chi connectivity index (χ4n) is 11.2. The number of fused-ring (bicyclic) bond motifs is 9.